The zero-order valence-electron chi connectivity index (χ0n) is 15.0. The quantitative estimate of drug-likeness (QED) is 0.824. The van der Waals surface area contributed by atoms with Crippen LogP contribution in [-0.4, -0.2) is 68.3 Å². The number of methoxy groups -OCH3 is 2. The van der Waals surface area contributed by atoms with Crippen LogP contribution in [0.4, 0.5) is 0 Å². The molecule has 0 bridgehead atoms. The third-order valence-electron chi connectivity index (χ3n) is 4.74. The van der Waals surface area contributed by atoms with Crippen LogP contribution in [0.2, 0.25) is 0 Å². The Bertz CT molecular complexity index is 576. The molecule has 0 amide bonds. The molecule has 1 fully saturated rings. The molecule has 1 aliphatic heterocycles. The second-order valence-electron chi connectivity index (χ2n) is 6.49. The second kappa shape index (κ2) is 8.35. The fourth-order valence-electron chi connectivity index (χ4n) is 3.34. The van der Waals surface area contributed by atoms with E-state index in [9.17, 15) is 9.90 Å². The van der Waals surface area contributed by atoms with E-state index in [4.69, 9.17) is 9.47 Å². The van der Waals surface area contributed by atoms with Gasteiger partial charge < -0.3 is 24.4 Å². The van der Waals surface area contributed by atoms with Gasteiger partial charge in [-0.2, -0.15) is 0 Å². The van der Waals surface area contributed by atoms with Crippen molar-refractivity contribution in [3.8, 4) is 11.5 Å². The maximum Gasteiger partial charge on any atom is 0.336 e. The average Bonchev–Trinajstić information content (AvgIpc) is 2.56. The van der Waals surface area contributed by atoms with Crippen molar-refractivity contribution in [2.75, 3.05) is 41.4 Å². The van der Waals surface area contributed by atoms with Gasteiger partial charge in [0.05, 0.1) is 19.8 Å². The van der Waals surface area contributed by atoms with Crippen LogP contribution in [-0.2, 0) is 6.54 Å². The second-order valence-corrected chi connectivity index (χ2v) is 6.49. The Kier molecular flexibility index (Phi) is 6.45. The summed E-state index contributed by atoms with van der Waals surface area (Å²) >= 11 is 0. The minimum absolute atomic E-state index is 0.232. The number of aromatic carboxylic acids is 1. The van der Waals surface area contributed by atoms with E-state index in [0.29, 0.717) is 29.6 Å². The van der Waals surface area contributed by atoms with Gasteiger partial charge in [-0.05, 0) is 39.5 Å². The number of likely N-dealkylation sites (tertiary alicyclic amines) is 1. The molecular formula is C18H28N2O4. The van der Waals surface area contributed by atoms with Crippen molar-refractivity contribution in [3.63, 3.8) is 0 Å². The summed E-state index contributed by atoms with van der Waals surface area (Å²) in [6.07, 6.45) is 3.70. The Hall–Kier alpha value is -1.79. The molecule has 6 nitrogen and oxygen atoms in total. The van der Waals surface area contributed by atoms with Crippen molar-refractivity contribution in [3.05, 3.63) is 23.3 Å². The molecule has 6 heteroatoms. The topological polar surface area (TPSA) is 62.2 Å². The SMILES string of the molecule is COc1cc(OC)c(CN(C)C[C@@H]2CCCCN2C)c(C(=O)O)c1. The van der Waals surface area contributed by atoms with Crippen LogP contribution >= 0.6 is 0 Å². The van der Waals surface area contributed by atoms with Gasteiger partial charge in [0.1, 0.15) is 11.5 Å². The molecule has 1 N–H and O–H groups in total. The van der Waals surface area contributed by atoms with Crippen LogP contribution in [0.5, 0.6) is 11.5 Å². The van der Waals surface area contributed by atoms with E-state index in [0.717, 1.165) is 13.1 Å². The molecular weight excluding hydrogens is 308 g/mol. The predicted molar refractivity (Wildman–Crippen MR) is 93.1 cm³/mol. The summed E-state index contributed by atoms with van der Waals surface area (Å²) in [6.45, 7) is 2.56. The van der Waals surface area contributed by atoms with Crippen molar-refractivity contribution >= 4 is 5.97 Å². The summed E-state index contributed by atoms with van der Waals surface area (Å²) in [6, 6.07) is 3.81. The van der Waals surface area contributed by atoms with Crippen molar-refractivity contribution in [1.82, 2.24) is 9.80 Å². The Morgan fingerprint density at radius 2 is 2.08 bits per heavy atom. The number of nitrogens with zero attached hydrogens (tertiary/aromatic N) is 2. The number of piperidine rings is 1. The predicted octanol–water partition coefficient (Wildman–Crippen LogP) is 2.32. The minimum atomic E-state index is -0.967. The lowest BCUT2D eigenvalue weighted by atomic mass is 10.0. The Balaban J connectivity index is 2.19. The maximum absolute atomic E-state index is 11.6. The number of hydrogen-bond acceptors (Lipinski definition) is 5. The summed E-state index contributed by atoms with van der Waals surface area (Å²) in [5.74, 6) is 0.0728. The summed E-state index contributed by atoms with van der Waals surface area (Å²) in [5, 5.41) is 9.54. The van der Waals surface area contributed by atoms with Gasteiger partial charge in [-0.25, -0.2) is 4.79 Å². The lowest BCUT2D eigenvalue weighted by molar-refractivity contribution is 0.0693. The van der Waals surface area contributed by atoms with Crippen molar-refractivity contribution < 1.29 is 19.4 Å². The smallest absolute Gasteiger partial charge is 0.336 e. The molecule has 0 aliphatic carbocycles. The lowest BCUT2D eigenvalue weighted by Gasteiger charge is -2.35. The number of carboxylic acid groups (broad SMARTS) is 1. The van der Waals surface area contributed by atoms with E-state index in [-0.39, 0.29) is 5.56 Å². The van der Waals surface area contributed by atoms with Gasteiger partial charge in [-0.3, -0.25) is 0 Å². The van der Waals surface area contributed by atoms with E-state index < -0.39 is 5.97 Å². The monoisotopic (exact) mass is 336 g/mol. The van der Waals surface area contributed by atoms with Gasteiger partial charge in [0.15, 0.2) is 0 Å². The van der Waals surface area contributed by atoms with Crippen molar-refractivity contribution in [2.45, 2.75) is 31.8 Å². The molecule has 2 rings (SSSR count). The zero-order chi connectivity index (χ0) is 17.7. The fourth-order valence-corrected chi connectivity index (χ4v) is 3.34. The highest BCUT2D eigenvalue weighted by Crippen LogP contribution is 2.30. The van der Waals surface area contributed by atoms with E-state index >= 15 is 0 Å². The normalized spacial score (nSPS) is 18.6. The van der Waals surface area contributed by atoms with Crippen molar-refractivity contribution in [2.24, 2.45) is 0 Å². The van der Waals surface area contributed by atoms with E-state index in [1.165, 1.54) is 26.4 Å². The highest BCUT2D eigenvalue weighted by atomic mass is 16.5. The van der Waals surface area contributed by atoms with Gasteiger partial charge in [-0.15, -0.1) is 0 Å². The molecule has 0 unspecified atom stereocenters. The maximum atomic E-state index is 11.6. The number of carbonyl (C=O) groups is 1. The first kappa shape index (κ1) is 18.5. The van der Waals surface area contributed by atoms with Gasteiger partial charge in [-0.1, -0.05) is 6.42 Å². The molecule has 0 radical (unpaired) electrons. The molecule has 0 saturated carbocycles. The Morgan fingerprint density at radius 1 is 1.33 bits per heavy atom. The zero-order valence-corrected chi connectivity index (χ0v) is 15.0. The lowest BCUT2D eigenvalue weighted by Crippen LogP contribution is -2.43. The number of hydrogen-bond donors (Lipinski definition) is 1. The molecule has 1 atom stereocenters. The van der Waals surface area contributed by atoms with Crippen LogP contribution in [0.25, 0.3) is 0 Å². The highest BCUT2D eigenvalue weighted by Gasteiger charge is 2.23. The summed E-state index contributed by atoms with van der Waals surface area (Å²) < 4.78 is 10.6. The number of ether oxygens (including phenoxy) is 2. The standard InChI is InChI=1S/C18H28N2O4/c1-19(11-13-7-5-6-8-20(13)2)12-16-15(18(21)22)9-14(23-3)10-17(16)24-4/h9-10,13H,5-8,11-12H2,1-4H3,(H,21,22)/t13-/m0/s1. The highest BCUT2D eigenvalue weighted by molar-refractivity contribution is 5.91. The van der Waals surface area contributed by atoms with Crippen LogP contribution in [0, 0.1) is 0 Å². The van der Waals surface area contributed by atoms with Crippen LogP contribution in [0.15, 0.2) is 12.1 Å². The van der Waals surface area contributed by atoms with E-state index in [2.05, 4.69) is 16.8 Å². The average molecular weight is 336 g/mol. The number of benzene rings is 1. The molecule has 1 aromatic carbocycles. The number of carboxylic acids is 1. The fraction of sp³-hybridized carbons (Fsp3) is 0.611. The van der Waals surface area contributed by atoms with Crippen molar-refractivity contribution in [1.29, 1.82) is 0 Å². The summed E-state index contributed by atoms with van der Waals surface area (Å²) in [5.41, 5.74) is 0.918. The van der Waals surface area contributed by atoms with Gasteiger partial charge >= 0.3 is 5.97 Å². The third-order valence-corrected chi connectivity index (χ3v) is 4.74. The Labute approximate surface area is 144 Å². The van der Waals surface area contributed by atoms with Crippen LogP contribution < -0.4 is 9.47 Å². The minimum Gasteiger partial charge on any atom is -0.497 e. The van der Waals surface area contributed by atoms with E-state index in [1.807, 2.05) is 7.05 Å². The first-order chi connectivity index (χ1) is 11.5. The van der Waals surface area contributed by atoms with Gasteiger partial charge in [0.25, 0.3) is 0 Å². The molecule has 1 aromatic rings. The van der Waals surface area contributed by atoms with Crippen LogP contribution in [0.1, 0.15) is 35.2 Å². The van der Waals surface area contributed by atoms with Gasteiger partial charge in [0.2, 0.25) is 0 Å². The molecule has 1 saturated heterocycles. The van der Waals surface area contributed by atoms with Crippen LogP contribution in [0.3, 0.4) is 0 Å². The molecule has 134 valence electrons. The number of likely N-dealkylation sites (N-methyl/N-ethyl adjacent to an activating group) is 2. The van der Waals surface area contributed by atoms with Gasteiger partial charge in [0, 0.05) is 30.8 Å². The first-order valence-corrected chi connectivity index (χ1v) is 8.33. The summed E-state index contributed by atoms with van der Waals surface area (Å²) in [7, 11) is 7.26. The molecule has 1 aliphatic rings. The summed E-state index contributed by atoms with van der Waals surface area (Å²) in [4.78, 5) is 16.2. The first-order valence-electron chi connectivity index (χ1n) is 8.33. The molecule has 0 spiro atoms. The Morgan fingerprint density at radius 3 is 2.67 bits per heavy atom. The number of rotatable bonds is 7. The molecule has 1 heterocycles. The molecule has 24 heavy (non-hydrogen) atoms. The largest absolute Gasteiger partial charge is 0.497 e. The molecule has 0 aromatic heterocycles. The third kappa shape index (κ3) is 4.39. The van der Waals surface area contributed by atoms with E-state index in [1.54, 1.807) is 19.2 Å².